The van der Waals surface area contributed by atoms with Gasteiger partial charge in [0.1, 0.15) is 11.4 Å². The van der Waals surface area contributed by atoms with Crippen LogP contribution in [-0.2, 0) is 0 Å². The lowest BCUT2D eigenvalue weighted by Crippen LogP contribution is -2.31. The van der Waals surface area contributed by atoms with E-state index < -0.39 is 0 Å². The monoisotopic (exact) mass is 436 g/mol. The zero-order valence-corrected chi connectivity index (χ0v) is 18.4. The van der Waals surface area contributed by atoms with Crippen LogP contribution in [0.4, 0.5) is 17.1 Å². The van der Waals surface area contributed by atoms with Crippen molar-refractivity contribution in [2.75, 3.05) is 42.6 Å². The van der Waals surface area contributed by atoms with E-state index in [-0.39, 0.29) is 22.6 Å². The molecule has 1 aliphatic heterocycles. The second-order valence-electron chi connectivity index (χ2n) is 8.33. The summed E-state index contributed by atoms with van der Waals surface area (Å²) in [5.74, 6) is 0.112. The molecule has 4 rings (SSSR count). The van der Waals surface area contributed by atoms with Crippen LogP contribution in [0, 0.1) is 6.92 Å². The van der Waals surface area contributed by atoms with Gasteiger partial charge in [0.25, 0.3) is 5.91 Å². The minimum absolute atomic E-state index is 0.0489. The van der Waals surface area contributed by atoms with Gasteiger partial charge in [-0.25, -0.2) is 0 Å². The van der Waals surface area contributed by atoms with Gasteiger partial charge in [-0.1, -0.05) is 6.07 Å². The number of amides is 1. The molecule has 8 nitrogen and oxygen atoms in total. The van der Waals surface area contributed by atoms with E-state index in [4.69, 9.17) is 4.42 Å². The summed E-state index contributed by atoms with van der Waals surface area (Å²) in [5.41, 5.74) is 3.30. The van der Waals surface area contributed by atoms with Crippen molar-refractivity contribution in [1.82, 2.24) is 4.90 Å². The number of furan rings is 1. The fourth-order valence-corrected chi connectivity index (χ4v) is 3.97. The number of benzene rings is 2. The van der Waals surface area contributed by atoms with Gasteiger partial charge in [-0.3, -0.25) is 15.2 Å². The minimum atomic E-state index is -0.378. The van der Waals surface area contributed by atoms with Crippen molar-refractivity contribution >= 4 is 23.0 Å². The summed E-state index contributed by atoms with van der Waals surface area (Å²) < 4.78 is 5.70. The van der Waals surface area contributed by atoms with Crippen LogP contribution < -0.4 is 15.4 Å². The molecule has 168 valence electrons. The van der Waals surface area contributed by atoms with Gasteiger partial charge in [0.15, 0.2) is 5.76 Å². The summed E-state index contributed by atoms with van der Waals surface area (Å²) in [5, 5.41) is 21.9. The highest BCUT2D eigenvalue weighted by molar-refractivity contribution is 6.02. The number of aryl methyl sites for hydroxylation is 1. The highest BCUT2D eigenvalue weighted by Gasteiger charge is 2.24. The second kappa shape index (κ2) is 9.04. The molecule has 1 atom stereocenters. The molecule has 3 N–H and O–H groups in total. The summed E-state index contributed by atoms with van der Waals surface area (Å²) in [7, 11) is 4.21. The van der Waals surface area contributed by atoms with Gasteiger partial charge in [0.2, 0.25) is 0 Å². The summed E-state index contributed by atoms with van der Waals surface area (Å²) >= 11 is 0. The van der Waals surface area contributed by atoms with Crippen LogP contribution in [0.2, 0.25) is 0 Å². The molecule has 0 radical (unpaired) electrons. The lowest BCUT2D eigenvalue weighted by molar-refractivity contribution is 0.0294. The normalized spacial score (nSPS) is 15.9. The quantitative estimate of drug-likeness (QED) is 0.498. The Hall–Kier alpha value is -3.33. The maximum atomic E-state index is 12.7. The molecule has 2 heterocycles. The second-order valence-corrected chi connectivity index (χ2v) is 8.33. The highest BCUT2D eigenvalue weighted by atomic mass is 16.8. The van der Waals surface area contributed by atoms with Crippen molar-refractivity contribution in [3.8, 4) is 11.3 Å². The molecule has 0 aliphatic carbocycles. The molecular weight excluding hydrogens is 408 g/mol. The van der Waals surface area contributed by atoms with Crippen LogP contribution in [-0.4, -0.2) is 54.4 Å². The summed E-state index contributed by atoms with van der Waals surface area (Å²) in [4.78, 5) is 17.3. The smallest absolute Gasteiger partial charge is 0.291 e. The Morgan fingerprint density at radius 3 is 2.50 bits per heavy atom. The highest BCUT2D eigenvalue weighted by Crippen LogP contribution is 2.32. The Morgan fingerprint density at radius 2 is 1.84 bits per heavy atom. The van der Waals surface area contributed by atoms with Gasteiger partial charge < -0.3 is 19.5 Å². The fourth-order valence-electron chi connectivity index (χ4n) is 3.97. The molecule has 1 saturated heterocycles. The minimum Gasteiger partial charge on any atom is -0.451 e. The zero-order valence-electron chi connectivity index (χ0n) is 18.4. The van der Waals surface area contributed by atoms with E-state index in [1.165, 1.54) is 0 Å². The van der Waals surface area contributed by atoms with Crippen molar-refractivity contribution in [3.05, 3.63) is 65.9 Å². The van der Waals surface area contributed by atoms with E-state index >= 15 is 0 Å². The molecule has 1 unspecified atom stereocenters. The van der Waals surface area contributed by atoms with Crippen molar-refractivity contribution in [3.63, 3.8) is 0 Å². The third kappa shape index (κ3) is 4.62. The molecule has 0 spiro atoms. The molecule has 2 aromatic carbocycles. The van der Waals surface area contributed by atoms with Crippen LogP contribution >= 0.6 is 0 Å². The van der Waals surface area contributed by atoms with E-state index in [1.807, 2.05) is 37.3 Å². The van der Waals surface area contributed by atoms with E-state index in [1.54, 1.807) is 24.3 Å². The maximum absolute atomic E-state index is 12.7. The first-order valence-electron chi connectivity index (χ1n) is 10.5. The first kappa shape index (κ1) is 21.9. The van der Waals surface area contributed by atoms with E-state index in [2.05, 4.69) is 29.2 Å². The Kier molecular flexibility index (Phi) is 6.18. The molecule has 1 aromatic heterocycles. The molecule has 1 amide bonds. The van der Waals surface area contributed by atoms with Crippen LogP contribution in [0.1, 0.15) is 22.5 Å². The number of carbonyl (C=O) groups is 1. The largest absolute Gasteiger partial charge is 0.451 e. The first-order valence-corrected chi connectivity index (χ1v) is 10.5. The number of hydrogen-bond donors (Lipinski definition) is 3. The van der Waals surface area contributed by atoms with Crippen LogP contribution in [0.15, 0.2) is 59.0 Å². The molecule has 0 bridgehead atoms. The Morgan fingerprint density at radius 1 is 1.09 bits per heavy atom. The number of hydrogen-bond acceptors (Lipinski definition) is 7. The van der Waals surface area contributed by atoms with Crippen molar-refractivity contribution in [2.24, 2.45) is 0 Å². The fraction of sp³-hybridized carbons (Fsp3) is 0.292. The first-order chi connectivity index (χ1) is 15.3. The molecule has 1 aliphatic rings. The third-order valence-corrected chi connectivity index (χ3v) is 5.85. The molecule has 3 aromatic rings. The van der Waals surface area contributed by atoms with Crippen molar-refractivity contribution in [2.45, 2.75) is 19.4 Å². The molecule has 0 saturated carbocycles. The molecule has 32 heavy (non-hydrogen) atoms. The van der Waals surface area contributed by atoms with E-state index in [9.17, 15) is 15.2 Å². The SMILES string of the molecule is Cc1ccc(-c2ccc(C(=O)Nc3ccc(N4CCC(N(C)C)C4)cc3)o2)c(N(O)O)c1. The Balaban J connectivity index is 1.44. The molecule has 1 fully saturated rings. The van der Waals surface area contributed by atoms with Gasteiger partial charge >= 0.3 is 0 Å². The van der Waals surface area contributed by atoms with Gasteiger partial charge in [0.05, 0.1) is 0 Å². The number of nitrogens with one attached hydrogen (secondary N) is 1. The number of anilines is 3. The standard InChI is InChI=1S/C24H28N4O4/c1-16-4-9-20(21(14-16)28(30)31)22-10-11-23(32-22)24(29)25-17-5-7-18(8-6-17)27-13-12-19(15-27)26(2)3/h4-11,14,19,30-31H,12-13,15H2,1-3H3,(H,25,29). The predicted molar refractivity (Wildman–Crippen MR) is 124 cm³/mol. The van der Waals surface area contributed by atoms with Crippen molar-refractivity contribution < 1.29 is 19.6 Å². The Labute approximate surface area is 187 Å². The van der Waals surface area contributed by atoms with Gasteiger partial charge in [0, 0.05) is 36.1 Å². The summed E-state index contributed by atoms with van der Waals surface area (Å²) in [6.45, 7) is 3.85. The molecule has 8 heteroatoms. The summed E-state index contributed by atoms with van der Waals surface area (Å²) in [6.07, 6.45) is 1.14. The third-order valence-electron chi connectivity index (χ3n) is 5.85. The van der Waals surface area contributed by atoms with Gasteiger partial charge in [-0.2, -0.15) is 0 Å². The predicted octanol–water partition coefficient (Wildman–Crippen LogP) is 4.23. The lowest BCUT2D eigenvalue weighted by atomic mass is 10.1. The van der Waals surface area contributed by atoms with Crippen molar-refractivity contribution in [1.29, 1.82) is 0 Å². The maximum Gasteiger partial charge on any atom is 0.291 e. The van der Waals surface area contributed by atoms with E-state index in [0.717, 1.165) is 30.8 Å². The number of carbonyl (C=O) groups excluding carboxylic acids is 1. The van der Waals surface area contributed by atoms with Crippen LogP contribution in [0.5, 0.6) is 0 Å². The van der Waals surface area contributed by atoms with Crippen LogP contribution in [0.25, 0.3) is 11.3 Å². The topological polar surface area (TPSA) is 92.4 Å². The Bertz CT molecular complexity index is 1090. The summed E-state index contributed by atoms with van der Waals surface area (Å²) in [6, 6.07) is 16.7. The molecular formula is C24H28N4O4. The lowest BCUT2D eigenvalue weighted by Gasteiger charge is -2.22. The van der Waals surface area contributed by atoms with E-state index in [0.29, 0.717) is 23.1 Å². The number of nitrogens with zero attached hydrogens (tertiary/aromatic N) is 3. The van der Waals surface area contributed by atoms with Gasteiger partial charge in [-0.05, 0) is 81.5 Å². The average molecular weight is 437 g/mol. The van der Waals surface area contributed by atoms with Gasteiger partial charge in [-0.15, -0.1) is 5.23 Å². The zero-order chi connectivity index (χ0) is 22.8. The average Bonchev–Trinajstić information content (AvgIpc) is 3.44. The van der Waals surface area contributed by atoms with Crippen LogP contribution in [0.3, 0.4) is 0 Å². The number of likely N-dealkylation sites (N-methyl/N-ethyl adjacent to an activating group) is 1. The number of rotatable bonds is 6.